The fourth-order valence-corrected chi connectivity index (χ4v) is 4.79. The fourth-order valence-electron chi connectivity index (χ4n) is 4.79. The van der Waals surface area contributed by atoms with Crippen LogP contribution in [-0.4, -0.2) is 39.4 Å². The molecule has 1 N–H and O–H groups in total. The van der Waals surface area contributed by atoms with Crippen LogP contribution in [0, 0.1) is 10.1 Å². The summed E-state index contributed by atoms with van der Waals surface area (Å²) in [5.41, 5.74) is 3.27. The molecule has 0 unspecified atom stereocenters. The summed E-state index contributed by atoms with van der Waals surface area (Å²) in [5, 5.41) is 12.7. The van der Waals surface area contributed by atoms with Crippen LogP contribution >= 0.6 is 0 Å². The minimum absolute atomic E-state index is 0.146. The van der Waals surface area contributed by atoms with Crippen LogP contribution in [0.2, 0.25) is 0 Å². The first-order chi connectivity index (χ1) is 18.8. The molecule has 0 spiro atoms. The van der Waals surface area contributed by atoms with Gasteiger partial charge in [0, 0.05) is 11.1 Å². The van der Waals surface area contributed by atoms with Crippen LogP contribution < -0.4 is 29.7 Å². The van der Waals surface area contributed by atoms with Gasteiger partial charge >= 0.3 is 0 Å². The maximum Gasteiger partial charge on any atom is 0.294 e. The predicted molar refractivity (Wildman–Crippen MR) is 141 cm³/mol. The quantitative estimate of drug-likeness (QED) is 0.319. The van der Waals surface area contributed by atoms with Gasteiger partial charge in [0.2, 0.25) is 11.2 Å². The maximum absolute atomic E-state index is 13.4. The van der Waals surface area contributed by atoms with E-state index in [-0.39, 0.29) is 17.8 Å². The lowest BCUT2D eigenvalue weighted by atomic mass is 9.95. The summed E-state index contributed by atoms with van der Waals surface area (Å²) in [6, 6.07) is 12.5. The molecule has 1 aliphatic rings. The van der Waals surface area contributed by atoms with Gasteiger partial charge in [0.25, 0.3) is 11.0 Å². The number of amides is 1. The van der Waals surface area contributed by atoms with Gasteiger partial charge in [0.05, 0.1) is 34.5 Å². The Hall–Kier alpha value is -4.80. The van der Waals surface area contributed by atoms with Gasteiger partial charge in [-0.05, 0) is 65.4 Å². The number of rotatable bonds is 9. The Morgan fingerprint density at radius 3 is 2.38 bits per heavy atom. The van der Waals surface area contributed by atoms with Crippen LogP contribution in [0.3, 0.4) is 0 Å². The zero-order chi connectivity index (χ0) is 28.1. The normalized spacial score (nSPS) is 13.7. The summed E-state index contributed by atoms with van der Waals surface area (Å²) in [7, 11) is 6.00. The van der Waals surface area contributed by atoms with E-state index >= 15 is 0 Å². The second kappa shape index (κ2) is 11.7. The highest BCUT2D eigenvalue weighted by Crippen LogP contribution is 2.50. The number of carbonyl (C=O) groups excluding carboxylic acids is 1. The van der Waals surface area contributed by atoms with E-state index in [0.29, 0.717) is 52.3 Å². The van der Waals surface area contributed by atoms with Crippen LogP contribution in [0.1, 0.15) is 39.5 Å². The number of nitrogens with one attached hydrogen (secondary N) is 1. The Morgan fingerprint density at radius 1 is 0.974 bits per heavy atom. The summed E-state index contributed by atoms with van der Waals surface area (Å²) < 4.78 is 22.2. The van der Waals surface area contributed by atoms with Gasteiger partial charge in [-0.25, -0.2) is 0 Å². The van der Waals surface area contributed by atoms with Crippen molar-refractivity contribution in [1.82, 2.24) is 5.32 Å². The third-order valence-corrected chi connectivity index (χ3v) is 6.55. The molecule has 0 aromatic heterocycles. The fraction of sp³-hybridized carbons (Fsp3) is 0.286. The van der Waals surface area contributed by atoms with Crippen LogP contribution in [0.25, 0.3) is 11.1 Å². The summed E-state index contributed by atoms with van der Waals surface area (Å²) in [5.74, 6) is 1.08. The highest BCUT2D eigenvalue weighted by atomic mass is 16.9. The first-order valence-electron chi connectivity index (χ1n) is 12.0. The van der Waals surface area contributed by atoms with Crippen LogP contribution in [-0.2, 0) is 17.9 Å². The van der Waals surface area contributed by atoms with E-state index in [9.17, 15) is 19.7 Å². The number of benzene rings is 2. The smallest absolute Gasteiger partial charge is 0.294 e. The third-order valence-electron chi connectivity index (χ3n) is 6.55. The largest absolute Gasteiger partial charge is 0.493 e. The van der Waals surface area contributed by atoms with Crippen LogP contribution in [0.15, 0.2) is 53.3 Å². The van der Waals surface area contributed by atoms with Crippen molar-refractivity contribution >= 4 is 5.91 Å². The molecule has 3 aromatic carbocycles. The minimum Gasteiger partial charge on any atom is -0.493 e. The highest BCUT2D eigenvalue weighted by molar-refractivity contribution is 5.95. The van der Waals surface area contributed by atoms with Gasteiger partial charge in [-0.1, -0.05) is 18.2 Å². The van der Waals surface area contributed by atoms with Crippen molar-refractivity contribution < 1.29 is 33.7 Å². The topological polar surface area (TPSA) is 135 Å². The van der Waals surface area contributed by atoms with E-state index in [2.05, 4.69) is 10.2 Å². The van der Waals surface area contributed by atoms with Crippen molar-refractivity contribution in [2.45, 2.75) is 25.5 Å². The van der Waals surface area contributed by atoms with Gasteiger partial charge in [-0.2, -0.15) is 0 Å². The molecule has 1 aliphatic carbocycles. The molecule has 0 radical (unpaired) electrons. The lowest BCUT2D eigenvalue weighted by Gasteiger charge is -2.20. The Bertz CT molecular complexity index is 1470. The molecule has 3 aromatic rings. The van der Waals surface area contributed by atoms with E-state index < -0.39 is 17.0 Å². The lowest BCUT2D eigenvalue weighted by Crippen LogP contribution is -2.29. The van der Waals surface area contributed by atoms with Crippen molar-refractivity contribution in [2.24, 2.45) is 0 Å². The number of aryl methyl sites for hydroxylation is 1. The molecule has 11 heteroatoms. The van der Waals surface area contributed by atoms with Gasteiger partial charge in [-0.3, -0.25) is 9.59 Å². The minimum atomic E-state index is -0.889. The molecule has 0 saturated heterocycles. The van der Waals surface area contributed by atoms with Crippen molar-refractivity contribution in [3.05, 3.63) is 91.1 Å². The zero-order valence-electron chi connectivity index (χ0n) is 21.9. The first kappa shape index (κ1) is 27.2. The first-order valence-corrected chi connectivity index (χ1v) is 12.0. The summed E-state index contributed by atoms with van der Waals surface area (Å²) in [6.07, 6.45) is 0.984. The Morgan fingerprint density at radius 2 is 1.72 bits per heavy atom. The highest BCUT2D eigenvalue weighted by Gasteiger charge is 2.30. The number of carbonyl (C=O) groups is 1. The second-order valence-electron chi connectivity index (χ2n) is 8.72. The Balaban J connectivity index is 1.83. The maximum atomic E-state index is 13.4. The predicted octanol–water partition coefficient (Wildman–Crippen LogP) is 3.87. The Labute approximate surface area is 224 Å². The van der Waals surface area contributed by atoms with Gasteiger partial charge in [0.15, 0.2) is 17.2 Å². The molecule has 0 bridgehead atoms. The molecule has 0 heterocycles. The number of hydrogen-bond donors (Lipinski definition) is 1. The van der Waals surface area contributed by atoms with E-state index in [1.54, 1.807) is 30.3 Å². The molecule has 1 amide bonds. The van der Waals surface area contributed by atoms with Crippen LogP contribution in [0.5, 0.6) is 23.0 Å². The number of nitrogens with zero attached hydrogens (tertiary/aromatic N) is 1. The number of hydrogen-bond acceptors (Lipinski definition) is 9. The van der Waals surface area contributed by atoms with E-state index in [1.807, 2.05) is 6.07 Å². The molecular formula is C28H28N2O9. The molecule has 11 nitrogen and oxygen atoms in total. The Kier molecular flexibility index (Phi) is 8.18. The molecule has 0 saturated carbocycles. The van der Waals surface area contributed by atoms with Crippen molar-refractivity contribution in [3.8, 4) is 34.1 Å². The standard InChI is InChI=1S/C28H28N2O9/c1-35-23-11-9-19-20(14-22(23)31)21(29-28(32)18-7-5-6-16(12-18)15-39-30(33)34)10-8-17-13-24(36-2)26(37-3)27(38-4)25(17)19/h5-7,9,11-14,21H,8,10,15H2,1-4H3,(H,29,32)/t21-/m0/s1. The van der Waals surface area contributed by atoms with Crippen LogP contribution in [0.4, 0.5) is 0 Å². The van der Waals surface area contributed by atoms with Gasteiger partial charge in [-0.15, -0.1) is 10.1 Å². The average molecular weight is 537 g/mol. The summed E-state index contributed by atoms with van der Waals surface area (Å²) >= 11 is 0. The van der Waals surface area contributed by atoms with Crippen molar-refractivity contribution in [3.63, 3.8) is 0 Å². The number of fused-ring (bicyclic) bond motifs is 3. The van der Waals surface area contributed by atoms with E-state index in [1.165, 1.54) is 40.6 Å². The SMILES string of the molecule is COc1cc2c(c(OC)c1OC)-c1ccc(OC)c(=O)cc1[C@@H](NC(=O)c1cccc(CO[N+](=O)[O-])c1)CC2. The average Bonchev–Trinajstić information content (AvgIpc) is 3.19. The molecule has 0 fully saturated rings. The second-order valence-corrected chi connectivity index (χ2v) is 8.72. The van der Waals surface area contributed by atoms with Gasteiger partial charge < -0.3 is 29.1 Å². The lowest BCUT2D eigenvalue weighted by molar-refractivity contribution is -0.763. The third kappa shape index (κ3) is 5.57. The van der Waals surface area contributed by atoms with Crippen molar-refractivity contribution in [1.29, 1.82) is 0 Å². The number of ether oxygens (including phenoxy) is 4. The molecular weight excluding hydrogens is 508 g/mol. The molecule has 204 valence electrons. The number of methoxy groups -OCH3 is 4. The molecule has 1 atom stereocenters. The van der Waals surface area contributed by atoms with Crippen molar-refractivity contribution in [2.75, 3.05) is 28.4 Å². The van der Waals surface area contributed by atoms with Gasteiger partial charge in [0.1, 0.15) is 6.61 Å². The summed E-state index contributed by atoms with van der Waals surface area (Å²) in [6.45, 7) is -0.283. The molecule has 39 heavy (non-hydrogen) atoms. The monoisotopic (exact) mass is 536 g/mol. The molecule has 4 rings (SSSR count). The summed E-state index contributed by atoms with van der Waals surface area (Å²) in [4.78, 5) is 41.4. The molecule has 0 aliphatic heterocycles. The van der Waals surface area contributed by atoms with E-state index in [0.717, 1.165) is 11.1 Å². The van der Waals surface area contributed by atoms with E-state index in [4.69, 9.17) is 18.9 Å². The zero-order valence-corrected chi connectivity index (χ0v) is 21.9.